The van der Waals surface area contributed by atoms with E-state index < -0.39 is 273 Å². The molecule has 84 heavy (non-hydrogen) atoms. The van der Waals surface area contributed by atoms with Crippen LogP contribution in [0.25, 0.3) is 0 Å². The Labute approximate surface area is 475 Å². The Morgan fingerprint density at radius 2 is 0.571 bits per heavy atom. The molecular formula is C46H78N2O36. The highest BCUT2D eigenvalue weighted by molar-refractivity contribution is 5.73. The molecule has 0 aromatic heterocycles. The second kappa shape index (κ2) is 29.9. The van der Waals surface area contributed by atoms with Gasteiger partial charge in [-0.1, -0.05) is 0 Å². The number of hydrogen-bond acceptors (Lipinski definition) is 36. The van der Waals surface area contributed by atoms with Gasteiger partial charge in [0.15, 0.2) is 44.0 Å². The van der Waals surface area contributed by atoms with Crippen LogP contribution in [0.4, 0.5) is 0 Å². The molecule has 7 aliphatic rings. The summed E-state index contributed by atoms with van der Waals surface area (Å²) in [6.45, 7) is -5.07. The molecule has 7 heterocycles. The number of carbonyl (C=O) groups is 2. The molecule has 488 valence electrons. The molecule has 23 N–H and O–H groups in total. The maximum atomic E-state index is 12.6. The van der Waals surface area contributed by atoms with Crippen LogP contribution in [-0.4, -0.2) is 380 Å². The van der Waals surface area contributed by atoms with E-state index in [1.807, 2.05) is 0 Å². The average molecular weight is 1240 g/mol. The summed E-state index contributed by atoms with van der Waals surface area (Å²) in [5, 5.41) is 230. The van der Waals surface area contributed by atoms with Crippen molar-refractivity contribution in [2.24, 2.45) is 0 Å². The predicted molar refractivity (Wildman–Crippen MR) is 255 cm³/mol. The van der Waals surface area contributed by atoms with Crippen molar-refractivity contribution in [3.8, 4) is 0 Å². The molecule has 7 aliphatic heterocycles. The van der Waals surface area contributed by atoms with E-state index in [0.29, 0.717) is 0 Å². The van der Waals surface area contributed by atoms with Crippen molar-refractivity contribution >= 4 is 11.8 Å². The summed E-state index contributed by atoms with van der Waals surface area (Å²) in [5.74, 6) is -1.71. The van der Waals surface area contributed by atoms with E-state index in [1.54, 1.807) is 0 Å². The van der Waals surface area contributed by atoms with Gasteiger partial charge in [0, 0.05) is 13.8 Å². The summed E-state index contributed by atoms with van der Waals surface area (Å²) in [4.78, 5) is 25.1. The van der Waals surface area contributed by atoms with Crippen molar-refractivity contribution in [1.82, 2.24) is 10.6 Å². The minimum Gasteiger partial charge on any atom is -0.394 e. The lowest BCUT2D eigenvalue weighted by molar-refractivity contribution is -0.396. The van der Waals surface area contributed by atoms with Gasteiger partial charge in [-0.05, 0) is 0 Å². The quantitative estimate of drug-likeness (QED) is 0.0507. The lowest BCUT2D eigenvalue weighted by Gasteiger charge is -2.51. The molecule has 0 bridgehead atoms. The SMILES string of the molecule is CC(=O)N[C@H]1[C@H](O[C@H]2[C@@H](O)[C@@H](CO)O[C@@H](O[C@H]3[C@H](O)[C@@H](O)[C@H](O[C@@H]4[C@H](O[C@@H]5O[C@H](CO)[C@@H](O[C@@H]6O[C@H](CO)[C@H](O)[C@H](O)[C@H]6O)[C@H](O)[C@H]5NC(C)=O)[C@@H](O)[C@H](O)O[C@@H]4CO)O[C@@H]3CO)[C@@H]2O)O[C@H](CO)[C@@H](O[C@@H]2O[C@H](CO)[C@H](O)[C@H](O)[C@H]2O)[C@@H]1O. The highest BCUT2D eigenvalue weighted by Crippen LogP contribution is 2.38. The minimum absolute atomic E-state index is 0.849. The Kier molecular flexibility index (Phi) is 24.6. The monoisotopic (exact) mass is 1230 g/mol. The van der Waals surface area contributed by atoms with Crippen molar-refractivity contribution in [3.63, 3.8) is 0 Å². The molecule has 7 saturated heterocycles. The smallest absolute Gasteiger partial charge is 0.217 e. The summed E-state index contributed by atoms with van der Waals surface area (Å²) in [6.07, 6.45) is -64.4. The van der Waals surface area contributed by atoms with Crippen LogP contribution in [-0.2, 0) is 71.2 Å². The van der Waals surface area contributed by atoms with Crippen LogP contribution in [0.3, 0.4) is 0 Å². The van der Waals surface area contributed by atoms with Crippen LogP contribution >= 0.6 is 0 Å². The van der Waals surface area contributed by atoms with Gasteiger partial charge in [0.1, 0.15) is 171 Å². The van der Waals surface area contributed by atoms with Crippen molar-refractivity contribution in [2.45, 2.75) is 229 Å². The Balaban J connectivity index is 1.07. The summed E-state index contributed by atoms with van der Waals surface area (Å²) >= 11 is 0. The molecule has 7 fully saturated rings. The van der Waals surface area contributed by atoms with Gasteiger partial charge in [-0.3, -0.25) is 9.59 Å². The van der Waals surface area contributed by atoms with E-state index >= 15 is 0 Å². The number of nitrogens with one attached hydrogen (secondary N) is 2. The second-order valence-corrected chi connectivity index (χ2v) is 21.0. The second-order valence-electron chi connectivity index (χ2n) is 21.0. The van der Waals surface area contributed by atoms with Crippen LogP contribution < -0.4 is 10.6 Å². The minimum atomic E-state index is -2.32. The predicted octanol–water partition coefficient (Wildman–Crippen LogP) is -16.0. The lowest BCUT2D eigenvalue weighted by Crippen LogP contribution is -2.70. The van der Waals surface area contributed by atoms with E-state index in [1.165, 1.54) is 0 Å². The summed E-state index contributed by atoms with van der Waals surface area (Å²) in [5.41, 5.74) is 0. The highest BCUT2D eigenvalue weighted by Gasteiger charge is 2.59. The highest BCUT2D eigenvalue weighted by atomic mass is 16.8. The zero-order chi connectivity index (χ0) is 61.9. The zero-order valence-electron chi connectivity index (χ0n) is 44.7. The number of amides is 2. The fraction of sp³-hybridized carbons (Fsp3) is 0.957. The first-order valence-corrected chi connectivity index (χ1v) is 26.6. The van der Waals surface area contributed by atoms with Crippen LogP contribution in [0.1, 0.15) is 13.8 Å². The fourth-order valence-electron chi connectivity index (χ4n) is 10.8. The van der Waals surface area contributed by atoms with Gasteiger partial charge in [-0.15, -0.1) is 0 Å². The standard InChI is InChI=1S/C46H78N2O36/c1-10(56)47-19-24(61)34(79-43-29(66)26(63)21(58)12(3-49)73-43)15(6-52)76-41(19)83-38-23(60)14(5-51)75-46(33(38)70)81-36-17(8-54)78-45(31(68)28(36)65)82-37-18(9-55)72-40(71)32(69)39(37)84-42-20(48-11(2)57)25(62)35(16(7-53)77-42)80-44-30(67)27(64)22(59)13(4-50)74-44/h12-46,49-55,58-71H,3-9H2,1-2H3,(H,47,56)(H,48,57)/t12-,13-,14-,15-,16-,17-,18-,19-,20-,21+,22+,23+,24-,25-,26+,27+,28-,29-,30-,31-,32-,33-,34-,35-,36-,37+,38+,39-,40-,41+,42+,43+,44+,45+,46+/m1/s1. The summed E-state index contributed by atoms with van der Waals surface area (Å²) in [6, 6.07) is -3.55. The van der Waals surface area contributed by atoms with E-state index in [4.69, 9.17) is 61.6 Å². The Morgan fingerprint density at radius 1 is 0.286 bits per heavy atom. The van der Waals surface area contributed by atoms with E-state index in [-0.39, 0.29) is 0 Å². The first-order valence-electron chi connectivity index (χ1n) is 26.6. The summed E-state index contributed by atoms with van der Waals surface area (Å²) in [7, 11) is 0. The van der Waals surface area contributed by atoms with Crippen molar-refractivity contribution in [1.29, 1.82) is 0 Å². The molecule has 7 rings (SSSR count). The Morgan fingerprint density at radius 3 is 0.952 bits per heavy atom. The zero-order valence-corrected chi connectivity index (χ0v) is 44.7. The Hall–Kier alpha value is -2.42. The molecule has 35 atom stereocenters. The third kappa shape index (κ3) is 14.6. The van der Waals surface area contributed by atoms with Gasteiger partial charge in [-0.25, -0.2) is 0 Å². The van der Waals surface area contributed by atoms with Crippen molar-refractivity contribution < 1.29 is 178 Å². The number of aliphatic hydroxyl groups is 21. The first-order chi connectivity index (χ1) is 39.8. The van der Waals surface area contributed by atoms with Gasteiger partial charge in [0.05, 0.1) is 46.2 Å². The van der Waals surface area contributed by atoms with Crippen LogP contribution in [0.15, 0.2) is 0 Å². The topological polar surface area (TPSA) is 603 Å². The van der Waals surface area contributed by atoms with E-state index in [0.717, 1.165) is 13.8 Å². The third-order valence-electron chi connectivity index (χ3n) is 15.3. The Bertz CT molecular complexity index is 2060. The van der Waals surface area contributed by atoms with Crippen LogP contribution in [0.5, 0.6) is 0 Å². The molecular weight excluding hydrogens is 1160 g/mol. The molecule has 2 amide bonds. The molecule has 0 aromatic carbocycles. The van der Waals surface area contributed by atoms with Gasteiger partial charge in [0.2, 0.25) is 11.8 Å². The maximum absolute atomic E-state index is 12.6. The number of hydrogen-bond donors (Lipinski definition) is 23. The molecule has 0 radical (unpaired) electrons. The van der Waals surface area contributed by atoms with Gasteiger partial charge in [-0.2, -0.15) is 0 Å². The van der Waals surface area contributed by atoms with Gasteiger partial charge in [0.25, 0.3) is 0 Å². The van der Waals surface area contributed by atoms with Gasteiger partial charge >= 0.3 is 0 Å². The van der Waals surface area contributed by atoms with Crippen molar-refractivity contribution in [3.05, 3.63) is 0 Å². The largest absolute Gasteiger partial charge is 0.394 e. The third-order valence-corrected chi connectivity index (χ3v) is 15.3. The average Bonchev–Trinajstić information content (AvgIpc) is 3.66. The number of rotatable bonds is 21. The molecule has 38 heteroatoms. The maximum Gasteiger partial charge on any atom is 0.217 e. The lowest BCUT2D eigenvalue weighted by atomic mass is 9.94. The molecule has 0 saturated carbocycles. The fourth-order valence-corrected chi connectivity index (χ4v) is 10.8. The number of carbonyl (C=O) groups excluding carboxylic acids is 2. The molecule has 0 aliphatic carbocycles. The molecule has 38 nitrogen and oxygen atoms in total. The first kappa shape index (κ1) is 69.1. The van der Waals surface area contributed by atoms with Crippen LogP contribution in [0, 0.1) is 0 Å². The van der Waals surface area contributed by atoms with Crippen LogP contribution in [0.2, 0.25) is 0 Å². The van der Waals surface area contributed by atoms with Crippen molar-refractivity contribution in [2.75, 3.05) is 46.2 Å². The number of aliphatic hydroxyl groups excluding tert-OH is 21. The molecule has 0 spiro atoms. The van der Waals surface area contributed by atoms with E-state index in [9.17, 15) is 117 Å². The van der Waals surface area contributed by atoms with E-state index in [2.05, 4.69) is 10.6 Å². The number of ether oxygens (including phenoxy) is 13. The normalized spacial score (nSPS) is 50.3. The molecule has 0 unspecified atom stereocenters. The molecule has 0 aromatic rings. The summed E-state index contributed by atoms with van der Waals surface area (Å²) < 4.78 is 74.4. The van der Waals surface area contributed by atoms with Gasteiger partial charge < -0.3 is 179 Å².